The van der Waals surface area contributed by atoms with Gasteiger partial charge in [-0.25, -0.2) is 4.79 Å². The topological polar surface area (TPSA) is 66.8 Å². The van der Waals surface area contributed by atoms with Gasteiger partial charge in [0.1, 0.15) is 0 Å². The van der Waals surface area contributed by atoms with Crippen LogP contribution in [-0.4, -0.2) is 77.7 Å². The van der Waals surface area contributed by atoms with Crippen LogP contribution < -0.4 is 0 Å². The molecule has 40 heavy (non-hydrogen) atoms. The van der Waals surface area contributed by atoms with Crippen molar-refractivity contribution in [3.05, 3.63) is 12.2 Å². The largest absolute Gasteiger partial charge is 0.462 e. The van der Waals surface area contributed by atoms with Crippen molar-refractivity contribution in [3.8, 4) is 0 Å². The van der Waals surface area contributed by atoms with Crippen molar-refractivity contribution in [1.29, 1.82) is 0 Å². The maximum atomic E-state index is 13.9. The van der Waals surface area contributed by atoms with Crippen molar-refractivity contribution in [3.63, 3.8) is 0 Å². The summed E-state index contributed by atoms with van der Waals surface area (Å²) in [7, 11) is 0. The second-order valence-electron chi connectivity index (χ2n) is 8.81. The van der Waals surface area contributed by atoms with Gasteiger partial charge in [-0.2, -0.15) is 65.9 Å². The van der Waals surface area contributed by atoms with E-state index < -0.39 is 118 Å². The Hall–Kier alpha value is -1.92. The van der Waals surface area contributed by atoms with E-state index in [4.69, 9.17) is 10.2 Å². The van der Waals surface area contributed by atoms with Gasteiger partial charge in [0.2, 0.25) is 0 Å². The van der Waals surface area contributed by atoms with E-state index in [0.717, 1.165) is 0 Å². The number of hydrogen-bond acceptors (Lipinski definition) is 4. The van der Waals surface area contributed by atoms with Gasteiger partial charge < -0.3 is 14.9 Å². The fourth-order valence-electron chi connectivity index (χ4n) is 3.02. The van der Waals surface area contributed by atoms with Gasteiger partial charge in [0.15, 0.2) is 0 Å². The van der Waals surface area contributed by atoms with Crippen LogP contribution in [0.5, 0.6) is 0 Å². The Morgan fingerprint density at radius 2 is 1.00 bits per heavy atom. The number of ether oxygens (including phenoxy) is 1. The molecule has 0 aliphatic rings. The van der Waals surface area contributed by atoms with Gasteiger partial charge in [-0.05, 0) is 25.7 Å². The van der Waals surface area contributed by atoms with Crippen LogP contribution in [0.15, 0.2) is 12.2 Å². The summed E-state index contributed by atoms with van der Waals surface area (Å²) in [5, 5.41) is 17.8. The lowest BCUT2D eigenvalue weighted by Crippen LogP contribution is -2.70. The summed E-state index contributed by atoms with van der Waals surface area (Å²) in [6, 6.07) is 0. The Morgan fingerprint density at radius 1 is 0.625 bits per heavy atom. The van der Waals surface area contributed by atoms with Crippen LogP contribution in [-0.2, 0) is 9.53 Å². The molecular weight excluding hydrogens is 601 g/mol. The Balaban J connectivity index is 5.53. The first-order valence-corrected chi connectivity index (χ1v) is 11.2. The lowest BCUT2D eigenvalue weighted by Gasteiger charge is -2.41. The Labute approximate surface area is 217 Å². The fraction of sp³-hybridized carbons (Fsp3) is 0.857. The van der Waals surface area contributed by atoms with Crippen LogP contribution in [0.3, 0.4) is 0 Å². The van der Waals surface area contributed by atoms with E-state index in [-0.39, 0.29) is 6.42 Å². The first kappa shape index (κ1) is 38.1. The predicted octanol–water partition coefficient (Wildman–Crippen LogP) is 6.79. The van der Waals surface area contributed by atoms with Crippen LogP contribution in [0.1, 0.15) is 44.9 Å². The highest BCUT2D eigenvalue weighted by atomic mass is 19.4. The minimum absolute atomic E-state index is 0.386. The number of carbonyl (C=O) groups is 1. The summed E-state index contributed by atoms with van der Waals surface area (Å²) in [6.45, 7) is 0.648. The molecule has 0 bridgehead atoms. The summed E-state index contributed by atoms with van der Waals surface area (Å²) < 4.78 is 206. The van der Waals surface area contributed by atoms with E-state index in [2.05, 4.69) is 11.3 Å². The highest BCUT2D eigenvalue weighted by Gasteiger charge is 2.89. The monoisotopic (exact) mass is 626 g/mol. The summed E-state index contributed by atoms with van der Waals surface area (Å²) in [6.07, 6.45) is -16.7. The van der Waals surface area contributed by atoms with E-state index in [0.29, 0.717) is 0 Å². The first-order chi connectivity index (χ1) is 17.8. The lowest BCUT2D eigenvalue weighted by molar-refractivity contribution is -0.425. The maximum absolute atomic E-state index is 13.9. The molecule has 0 unspecified atom stereocenters. The normalized spacial score (nSPS) is 14.6. The zero-order valence-corrected chi connectivity index (χ0v) is 20.2. The zero-order chi connectivity index (χ0) is 32.0. The maximum Gasteiger partial charge on any atom is 0.389 e. The predicted molar refractivity (Wildman–Crippen MR) is 106 cm³/mol. The molecule has 238 valence electrons. The SMILES string of the molecule is C=C(CC(CO)CO)C(=O)OCCCC(F)(F)C(F)(F)C(F)(F)C(F)(F)C(F)(F)C(F)(F)CCCCC(F)(F)F. The molecule has 0 radical (unpaired) electrons. The molecule has 0 heterocycles. The van der Waals surface area contributed by atoms with Gasteiger partial charge in [0.25, 0.3) is 0 Å². The third-order valence-corrected chi connectivity index (χ3v) is 5.51. The van der Waals surface area contributed by atoms with Gasteiger partial charge in [-0.1, -0.05) is 6.58 Å². The number of aliphatic hydroxyl groups excluding tert-OH is 2. The number of halogens is 15. The second kappa shape index (κ2) is 13.4. The van der Waals surface area contributed by atoms with E-state index in [1.807, 2.05) is 0 Å². The molecular formula is C21H25F15O4. The number of rotatable bonds is 18. The summed E-state index contributed by atoms with van der Waals surface area (Å²) in [4.78, 5) is 11.6. The van der Waals surface area contributed by atoms with Crippen molar-refractivity contribution in [1.82, 2.24) is 0 Å². The van der Waals surface area contributed by atoms with E-state index in [1.165, 1.54) is 0 Å². The van der Waals surface area contributed by atoms with Crippen molar-refractivity contribution in [2.75, 3.05) is 19.8 Å². The number of alkyl halides is 15. The molecule has 0 saturated heterocycles. The van der Waals surface area contributed by atoms with Crippen molar-refractivity contribution in [2.24, 2.45) is 5.92 Å². The van der Waals surface area contributed by atoms with Gasteiger partial charge >= 0.3 is 47.7 Å². The molecule has 0 aliphatic heterocycles. The lowest BCUT2D eigenvalue weighted by atomic mass is 9.88. The molecule has 4 nitrogen and oxygen atoms in total. The van der Waals surface area contributed by atoms with Crippen LogP contribution in [0.4, 0.5) is 65.9 Å². The number of hydrogen-bond donors (Lipinski definition) is 2. The standard InChI is InChI=1S/C21H25F15O4/c1-12(9-13(10-37)11-38)14(39)40-8-4-6-16(24,25)19(31,32)21(35,36)20(33,34)18(29,30)15(22,23)5-2-3-7-17(26,27)28/h13,37-38H,1-11H2. The van der Waals surface area contributed by atoms with Crippen LogP contribution in [0, 0.1) is 5.92 Å². The zero-order valence-electron chi connectivity index (χ0n) is 20.2. The average molecular weight is 626 g/mol. The quantitative estimate of drug-likeness (QED) is 0.0762. The molecule has 0 aromatic carbocycles. The summed E-state index contributed by atoms with van der Waals surface area (Å²) in [5.74, 6) is -45.3. The van der Waals surface area contributed by atoms with Crippen molar-refractivity contribution >= 4 is 5.97 Å². The number of carbonyl (C=O) groups excluding carboxylic acids is 1. The molecule has 0 amide bonds. The smallest absolute Gasteiger partial charge is 0.389 e. The molecule has 0 rings (SSSR count). The van der Waals surface area contributed by atoms with Gasteiger partial charge in [0, 0.05) is 44.0 Å². The number of esters is 1. The molecule has 19 heteroatoms. The molecule has 0 aromatic heterocycles. The van der Waals surface area contributed by atoms with E-state index in [1.54, 1.807) is 0 Å². The molecule has 0 aromatic rings. The Morgan fingerprint density at radius 3 is 1.38 bits per heavy atom. The second-order valence-corrected chi connectivity index (χ2v) is 8.81. The molecule has 0 aliphatic carbocycles. The Bertz CT molecular complexity index is 836. The van der Waals surface area contributed by atoms with Gasteiger partial charge in [-0.3, -0.25) is 0 Å². The molecule has 2 N–H and O–H groups in total. The fourth-order valence-corrected chi connectivity index (χ4v) is 3.02. The molecule has 0 atom stereocenters. The average Bonchev–Trinajstić information content (AvgIpc) is 2.81. The minimum atomic E-state index is -7.83. The first-order valence-electron chi connectivity index (χ1n) is 11.2. The molecule has 0 saturated carbocycles. The van der Waals surface area contributed by atoms with E-state index >= 15 is 0 Å². The summed E-state index contributed by atoms with van der Waals surface area (Å²) >= 11 is 0. The van der Waals surface area contributed by atoms with Gasteiger partial charge in [0.05, 0.1) is 6.61 Å². The molecule has 0 spiro atoms. The van der Waals surface area contributed by atoms with Gasteiger partial charge in [-0.15, -0.1) is 0 Å². The highest BCUT2D eigenvalue weighted by Crippen LogP contribution is 2.61. The number of unbranched alkanes of at least 4 members (excludes halogenated alkanes) is 1. The van der Waals surface area contributed by atoms with Crippen LogP contribution in [0.25, 0.3) is 0 Å². The summed E-state index contributed by atoms with van der Waals surface area (Å²) in [5.41, 5.74) is -0.460. The van der Waals surface area contributed by atoms with Crippen LogP contribution >= 0.6 is 0 Å². The van der Waals surface area contributed by atoms with Crippen molar-refractivity contribution < 1.29 is 85.6 Å². The minimum Gasteiger partial charge on any atom is -0.462 e. The highest BCUT2D eigenvalue weighted by molar-refractivity contribution is 5.87. The third-order valence-electron chi connectivity index (χ3n) is 5.51. The third kappa shape index (κ3) is 8.55. The Kier molecular flexibility index (Phi) is 12.7. The molecule has 0 fully saturated rings. The van der Waals surface area contributed by atoms with Crippen molar-refractivity contribution in [2.45, 2.75) is 86.7 Å². The number of aliphatic hydroxyl groups is 2. The van der Waals surface area contributed by atoms with Crippen LogP contribution in [0.2, 0.25) is 0 Å². The van der Waals surface area contributed by atoms with E-state index in [9.17, 15) is 70.7 Å².